The number of hydrogen-bond acceptors (Lipinski definition) is 4. The molecule has 2 N–H and O–H groups in total. The topological polar surface area (TPSA) is 67.4 Å². The van der Waals surface area contributed by atoms with Crippen LogP contribution in [0.3, 0.4) is 0 Å². The lowest BCUT2D eigenvalue weighted by atomic mass is 10.1. The summed E-state index contributed by atoms with van der Waals surface area (Å²) in [5.74, 6) is -0.276. The molecule has 0 unspecified atom stereocenters. The molecule has 0 saturated heterocycles. The van der Waals surface area contributed by atoms with Gasteiger partial charge >= 0.3 is 5.97 Å². The molecular formula is C14H26N2O3. The zero-order chi connectivity index (χ0) is 14.9. The molecule has 0 heterocycles. The highest BCUT2D eigenvalue weighted by Crippen LogP contribution is 2.02. The Bertz CT molecular complexity index is 330. The number of hydrogen-bond donors (Lipinski definition) is 2. The average molecular weight is 270 g/mol. The molecule has 0 aliphatic carbocycles. The molecule has 0 aliphatic heterocycles. The fourth-order valence-electron chi connectivity index (χ4n) is 1.48. The maximum atomic E-state index is 11.5. The fraction of sp³-hybridized carbons (Fsp3) is 0.714. The maximum absolute atomic E-state index is 11.5. The van der Waals surface area contributed by atoms with Crippen molar-refractivity contribution in [1.29, 1.82) is 0 Å². The summed E-state index contributed by atoms with van der Waals surface area (Å²) in [6.07, 6.45) is 2.86. The van der Waals surface area contributed by atoms with Crippen molar-refractivity contribution < 1.29 is 14.3 Å². The monoisotopic (exact) mass is 270 g/mol. The van der Waals surface area contributed by atoms with Crippen LogP contribution < -0.4 is 10.6 Å². The van der Waals surface area contributed by atoms with E-state index in [0.29, 0.717) is 31.5 Å². The lowest BCUT2D eigenvalue weighted by Gasteiger charge is -2.20. The first kappa shape index (κ1) is 17.6. The number of rotatable bonds is 7. The van der Waals surface area contributed by atoms with Crippen molar-refractivity contribution in [3.8, 4) is 0 Å². The van der Waals surface area contributed by atoms with Gasteiger partial charge in [-0.15, -0.1) is 0 Å². The van der Waals surface area contributed by atoms with Gasteiger partial charge in [-0.05, 0) is 27.2 Å². The number of amides is 1. The van der Waals surface area contributed by atoms with E-state index >= 15 is 0 Å². The zero-order valence-electron chi connectivity index (χ0n) is 12.6. The molecule has 0 aromatic carbocycles. The minimum atomic E-state index is -0.297. The lowest BCUT2D eigenvalue weighted by molar-refractivity contribution is -0.136. The molecule has 0 atom stereocenters. The molecule has 0 saturated carbocycles. The quantitative estimate of drug-likeness (QED) is 0.417. The SMILES string of the molecule is CCC(=CCNCCC(=O)NC(C)(C)C)C(=O)OC. The highest BCUT2D eigenvalue weighted by molar-refractivity contribution is 5.88. The number of methoxy groups -OCH3 is 1. The van der Waals surface area contributed by atoms with Crippen LogP contribution in [0, 0.1) is 0 Å². The molecule has 0 fully saturated rings. The van der Waals surface area contributed by atoms with E-state index in [0.717, 1.165) is 0 Å². The average Bonchev–Trinajstić information content (AvgIpc) is 2.30. The molecule has 19 heavy (non-hydrogen) atoms. The Morgan fingerprint density at radius 1 is 1.26 bits per heavy atom. The standard InChI is InChI=1S/C14H26N2O3/c1-6-11(13(18)19-5)7-9-15-10-8-12(17)16-14(2,3)4/h7,15H,6,8-10H2,1-5H3,(H,16,17). The Hall–Kier alpha value is -1.36. The zero-order valence-corrected chi connectivity index (χ0v) is 12.6. The summed E-state index contributed by atoms with van der Waals surface area (Å²) < 4.78 is 4.65. The summed E-state index contributed by atoms with van der Waals surface area (Å²) in [6.45, 7) is 8.89. The molecule has 0 bridgehead atoms. The second kappa shape index (κ2) is 8.69. The second-order valence-electron chi connectivity index (χ2n) is 5.33. The summed E-state index contributed by atoms with van der Waals surface area (Å²) >= 11 is 0. The van der Waals surface area contributed by atoms with Crippen LogP contribution in [-0.4, -0.2) is 37.6 Å². The van der Waals surface area contributed by atoms with Gasteiger partial charge in [-0.3, -0.25) is 4.79 Å². The highest BCUT2D eigenvalue weighted by atomic mass is 16.5. The highest BCUT2D eigenvalue weighted by Gasteiger charge is 2.12. The van der Waals surface area contributed by atoms with E-state index in [4.69, 9.17) is 0 Å². The van der Waals surface area contributed by atoms with E-state index in [2.05, 4.69) is 15.4 Å². The van der Waals surface area contributed by atoms with Crippen molar-refractivity contribution in [3.63, 3.8) is 0 Å². The van der Waals surface area contributed by atoms with Crippen molar-refractivity contribution in [2.75, 3.05) is 20.2 Å². The number of nitrogens with one attached hydrogen (secondary N) is 2. The lowest BCUT2D eigenvalue weighted by Crippen LogP contribution is -2.41. The van der Waals surface area contributed by atoms with Gasteiger partial charge in [0.1, 0.15) is 0 Å². The minimum absolute atomic E-state index is 0.0210. The summed E-state index contributed by atoms with van der Waals surface area (Å²) in [7, 11) is 1.37. The fourth-order valence-corrected chi connectivity index (χ4v) is 1.48. The van der Waals surface area contributed by atoms with Crippen LogP contribution in [0.5, 0.6) is 0 Å². The van der Waals surface area contributed by atoms with E-state index in [1.54, 1.807) is 6.08 Å². The Kier molecular flexibility index (Phi) is 8.07. The van der Waals surface area contributed by atoms with Gasteiger partial charge in [0.15, 0.2) is 0 Å². The number of carbonyl (C=O) groups excluding carboxylic acids is 2. The largest absolute Gasteiger partial charge is 0.466 e. The third-order valence-electron chi connectivity index (χ3n) is 2.36. The molecule has 0 radical (unpaired) electrons. The van der Waals surface area contributed by atoms with E-state index in [9.17, 15) is 9.59 Å². The molecule has 0 rings (SSSR count). The van der Waals surface area contributed by atoms with Gasteiger partial charge in [0, 0.05) is 30.6 Å². The van der Waals surface area contributed by atoms with Gasteiger partial charge in [-0.25, -0.2) is 4.79 Å². The van der Waals surface area contributed by atoms with Crippen molar-refractivity contribution in [1.82, 2.24) is 10.6 Å². The van der Waals surface area contributed by atoms with Crippen molar-refractivity contribution >= 4 is 11.9 Å². The molecule has 110 valence electrons. The molecule has 0 spiro atoms. The van der Waals surface area contributed by atoms with E-state index in [1.165, 1.54) is 7.11 Å². The van der Waals surface area contributed by atoms with E-state index in [-0.39, 0.29) is 17.4 Å². The molecule has 0 aliphatic rings. The molecular weight excluding hydrogens is 244 g/mol. The van der Waals surface area contributed by atoms with Gasteiger partial charge in [0.05, 0.1) is 7.11 Å². The van der Waals surface area contributed by atoms with Crippen LogP contribution in [0.1, 0.15) is 40.5 Å². The van der Waals surface area contributed by atoms with Gasteiger partial charge < -0.3 is 15.4 Å². The minimum Gasteiger partial charge on any atom is -0.466 e. The third-order valence-corrected chi connectivity index (χ3v) is 2.36. The first-order chi connectivity index (χ1) is 8.80. The summed E-state index contributed by atoms with van der Waals surface area (Å²) in [4.78, 5) is 22.8. The normalized spacial score (nSPS) is 12.2. The van der Waals surface area contributed by atoms with E-state index < -0.39 is 0 Å². The predicted octanol–water partition coefficient (Wildman–Crippen LogP) is 1.39. The first-order valence-corrected chi connectivity index (χ1v) is 6.59. The maximum Gasteiger partial charge on any atom is 0.333 e. The van der Waals surface area contributed by atoms with Crippen molar-refractivity contribution in [3.05, 3.63) is 11.6 Å². The number of esters is 1. The van der Waals surface area contributed by atoms with Gasteiger partial charge in [0.2, 0.25) is 5.91 Å². The van der Waals surface area contributed by atoms with E-state index in [1.807, 2.05) is 27.7 Å². The Morgan fingerprint density at radius 3 is 2.37 bits per heavy atom. The predicted molar refractivity (Wildman–Crippen MR) is 75.8 cm³/mol. The van der Waals surface area contributed by atoms with Crippen LogP contribution in [0.15, 0.2) is 11.6 Å². The number of carbonyl (C=O) groups is 2. The third kappa shape index (κ3) is 9.25. The molecule has 5 heteroatoms. The Labute approximate surface area is 115 Å². The van der Waals surface area contributed by atoms with Crippen LogP contribution in [0.4, 0.5) is 0 Å². The Balaban J connectivity index is 3.89. The summed E-state index contributed by atoms with van der Waals surface area (Å²) in [5.41, 5.74) is 0.450. The summed E-state index contributed by atoms with van der Waals surface area (Å²) in [6, 6.07) is 0. The first-order valence-electron chi connectivity index (χ1n) is 6.59. The molecule has 0 aromatic heterocycles. The molecule has 5 nitrogen and oxygen atoms in total. The van der Waals surface area contributed by atoms with Crippen molar-refractivity contribution in [2.24, 2.45) is 0 Å². The van der Waals surface area contributed by atoms with Gasteiger partial charge in [0.25, 0.3) is 0 Å². The number of ether oxygens (including phenoxy) is 1. The summed E-state index contributed by atoms with van der Waals surface area (Å²) in [5, 5.41) is 5.99. The van der Waals surface area contributed by atoms with Crippen LogP contribution in [0.25, 0.3) is 0 Å². The van der Waals surface area contributed by atoms with Crippen molar-refractivity contribution in [2.45, 2.75) is 46.1 Å². The smallest absolute Gasteiger partial charge is 0.333 e. The molecule has 0 aromatic rings. The second-order valence-corrected chi connectivity index (χ2v) is 5.33. The van der Waals surface area contributed by atoms with Gasteiger partial charge in [-0.1, -0.05) is 13.0 Å². The van der Waals surface area contributed by atoms with Crippen LogP contribution in [0.2, 0.25) is 0 Å². The van der Waals surface area contributed by atoms with Gasteiger partial charge in [-0.2, -0.15) is 0 Å². The van der Waals surface area contributed by atoms with Crippen LogP contribution in [-0.2, 0) is 14.3 Å². The van der Waals surface area contributed by atoms with Crippen LogP contribution >= 0.6 is 0 Å². The Morgan fingerprint density at radius 2 is 1.89 bits per heavy atom. The molecule has 1 amide bonds.